The predicted molar refractivity (Wildman–Crippen MR) is 162 cm³/mol. The lowest BCUT2D eigenvalue weighted by atomic mass is 9.41. The molecule has 4 saturated carbocycles. The molecule has 0 aromatic carbocycles. The van der Waals surface area contributed by atoms with Crippen molar-refractivity contribution in [1.82, 2.24) is 10.2 Å². The molecule has 4 bridgehead atoms. The van der Waals surface area contributed by atoms with Crippen LogP contribution >= 0.6 is 0 Å². The smallest absolute Gasteiger partial charge is 0.315 e. The average Bonchev–Trinajstić information content (AvgIpc) is 3.65. The second-order valence-electron chi connectivity index (χ2n) is 15.8. The van der Waals surface area contributed by atoms with Crippen LogP contribution in [-0.2, 0) is 9.53 Å². The van der Waals surface area contributed by atoms with Gasteiger partial charge in [0.05, 0.1) is 18.8 Å². The van der Waals surface area contributed by atoms with Crippen molar-refractivity contribution in [3.8, 4) is 0 Å². The molecular weight excluding hydrogens is 512 g/mol. The summed E-state index contributed by atoms with van der Waals surface area (Å²) in [7, 11) is 4.22. The highest BCUT2D eigenvalue weighted by atomic mass is 16.5. The highest BCUT2D eigenvalue weighted by Gasteiger charge is 2.85. The summed E-state index contributed by atoms with van der Waals surface area (Å²) >= 11 is 0. The maximum atomic E-state index is 14.1. The number of aliphatic carboxylic acids is 1. The van der Waals surface area contributed by atoms with Gasteiger partial charge in [0, 0.05) is 30.5 Å². The Morgan fingerprint density at radius 1 is 1.17 bits per heavy atom. The van der Waals surface area contributed by atoms with Crippen LogP contribution in [0, 0.1) is 57.7 Å². The fraction of sp³-hybridized carbons (Fsp3) is 0.914. The number of hydrogen-bond acceptors (Lipinski definition) is 5. The zero-order valence-electron chi connectivity index (χ0n) is 26.5. The Kier molecular flexibility index (Phi) is 8.22. The molecule has 1 heterocycles. The number of aliphatic hydroxyl groups excluding tert-OH is 1. The fourth-order valence-electron chi connectivity index (χ4n) is 12.2. The first-order valence-corrected chi connectivity index (χ1v) is 17.2. The van der Waals surface area contributed by atoms with E-state index in [2.05, 4.69) is 44.1 Å². The molecule has 41 heavy (non-hydrogen) atoms. The Morgan fingerprint density at radius 2 is 1.93 bits per heavy atom. The van der Waals surface area contributed by atoms with E-state index in [0.717, 1.165) is 63.2 Å². The van der Waals surface area contributed by atoms with Crippen molar-refractivity contribution >= 4 is 5.97 Å². The summed E-state index contributed by atoms with van der Waals surface area (Å²) < 4.78 is 7.34. The lowest BCUT2D eigenvalue weighted by molar-refractivity contribution is -0.205. The van der Waals surface area contributed by atoms with Gasteiger partial charge in [0.15, 0.2) is 0 Å². The van der Waals surface area contributed by atoms with E-state index >= 15 is 0 Å². The van der Waals surface area contributed by atoms with E-state index in [0.29, 0.717) is 23.7 Å². The average molecular weight is 571 g/mol. The number of likely N-dealkylation sites (N-methyl/N-ethyl adjacent to an activating group) is 2. The second kappa shape index (κ2) is 11.2. The van der Waals surface area contributed by atoms with E-state index in [1.807, 2.05) is 7.05 Å². The van der Waals surface area contributed by atoms with Crippen LogP contribution in [-0.4, -0.2) is 73.6 Å². The quantitative estimate of drug-likeness (QED) is 0.281. The molecule has 232 valence electrons. The molecule has 1 aliphatic heterocycles. The van der Waals surface area contributed by atoms with Crippen molar-refractivity contribution in [2.75, 3.05) is 40.3 Å². The number of carboxylic acids is 1. The van der Waals surface area contributed by atoms with Crippen LogP contribution < -0.4 is 5.32 Å². The van der Waals surface area contributed by atoms with E-state index in [1.165, 1.54) is 38.5 Å². The first-order chi connectivity index (χ1) is 19.7. The first-order valence-electron chi connectivity index (χ1n) is 17.2. The van der Waals surface area contributed by atoms with Crippen LogP contribution in [0.5, 0.6) is 0 Å². The SMILES string of the molecule is CNCCN(C)CC1OC(C23C[C@@H]4[C@H](C)CC[C@H]4C4(CO)CC2C=C(C(C)C)C34C(=O)O)CC1CC1CCCCC1. The summed E-state index contributed by atoms with van der Waals surface area (Å²) in [6.07, 6.45) is 15.4. The number of carbonyl (C=O) groups is 1. The van der Waals surface area contributed by atoms with Crippen LogP contribution in [0.15, 0.2) is 11.6 Å². The molecule has 0 radical (unpaired) electrons. The highest BCUT2D eigenvalue weighted by molar-refractivity contribution is 5.85. The Hall–Kier alpha value is -0.950. The molecule has 6 nitrogen and oxygen atoms in total. The molecule has 0 spiro atoms. The number of nitrogens with one attached hydrogen (secondary N) is 1. The standard InChI is InChI=1S/C35H58N2O4/c1-22(2)29-17-26-18-33(21-38)28-12-11-23(3)27(28)19-34(26,35(29,33)32(39)40)31-16-25(15-24-9-7-6-8-10-24)30(41-31)20-37(5)14-13-36-4/h17,22-28,30-31,36,38H,6-16,18-21H2,1-5H3,(H,39,40)/t23-,25?,26?,27-,28-,30?,31?,33?,34?,35?/m1/s1. The van der Waals surface area contributed by atoms with Crippen LogP contribution in [0.1, 0.15) is 91.4 Å². The van der Waals surface area contributed by atoms with Gasteiger partial charge in [-0.2, -0.15) is 0 Å². The molecule has 6 aliphatic rings. The molecule has 3 N–H and O–H groups in total. The van der Waals surface area contributed by atoms with Crippen molar-refractivity contribution in [2.45, 2.75) is 104 Å². The van der Waals surface area contributed by atoms with E-state index in [1.54, 1.807) is 0 Å². The van der Waals surface area contributed by atoms with Gasteiger partial charge >= 0.3 is 5.97 Å². The molecule has 0 aromatic heterocycles. The summed E-state index contributed by atoms with van der Waals surface area (Å²) in [6, 6.07) is 0. The number of carboxylic acid groups (broad SMARTS) is 1. The topological polar surface area (TPSA) is 82.0 Å². The highest BCUT2D eigenvalue weighted by Crippen LogP contribution is 2.84. The number of aliphatic hydroxyl groups is 1. The van der Waals surface area contributed by atoms with E-state index in [9.17, 15) is 15.0 Å². The minimum absolute atomic E-state index is 0.0100. The summed E-state index contributed by atoms with van der Waals surface area (Å²) in [5, 5.41) is 26.2. The monoisotopic (exact) mass is 570 g/mol. The number of fused-ring (bicyclic) bond motifs is 2. The predicted octanol–water partition coefficient (Wildman–Crippen LogP) is 5.60. The third-order valence-electron chi connectivity index (χ3n) is 13.7. The van der Waals surface area contributed by atoms with Gasteiger partial charge in [-0.3, -0.25) is 4.79 Å². The molecule has 1 saturated heterocycles. The molecule has 10 atom stereocenters. The first kappa shape index (κ1) is 30.1. The zero-order chi connectivity index (χ0) is 29.2. The lowest BCUT2D eigenvalue weighted by Gasteiger charge is -2.61. The van der Waals surface area contributed by atoms with Crippen LogP contribution in [0.3, 0.4) is 0 Å². The number of nitrogens with zero attached hydrogens (tertiary/aromatic N) is 1. The van der Waals surface area contributed by atoms with Gasteiger partial charge in [0.2, 0.25) is 0 Å². The van der Waals surface area contributed by atoms with Crippen LogP contribution in [0.2, 0.25) is 0 Å². The van der Waals surface area contributed by atoms with Crippen LogP contribution in [0.25, 0.3) is 0 Å². The van der Waals surface area contributed by atoms with Gasteiger partial charge < -0.3 is 25.2 Å². The molecular formula is C35H58N2O4. The maximum Gasteiger partial charge on any atom is 0.315 e. The van der Waals surface area contributed by atoms with Crippen molar-refractivity contribution < 1.29 is 19.7 Å². The van der Waals surface area contributed by atoms with E-state index in [-0.39, 0.29) is 30.7 Å². The van der Waals surface area contributed by atoms with Gasteiger partial charge in [0.25, 0.3) is 0 Å². The second-order valence-corrected chi connectivity index (χ2v) is 15.8. The molecule has 5 aliphatic carbocycles. The zero-order valence-corrected chi connectivity index (χ0v) is 26.5. The summed E-state index contributed by atoms with van der Waals surface area (Å²) in [5.41, 5.74) is -0.944. The van der Waals surface area contributed by atoms with Gasteiger partial charge in [-0.15, -0.1) is 0 Å². The van der Waals surface area contributed by atoms with Crippen molar-refractivity contribution in [2.24, 2.45) is 57.7 Å². The molecule has 5 fully saturated rings. The van der Waals surface area contributed by atoms with Crippen molar-refractivity contribution in [3.63, 3.8) is 0 Å². The van der Waals surface area contributed by atoms with Gasteiger partial charge in [-0.1, -0.05) is 70.9 Å². The van der Waals surface area contributed by atoms with Gasteiger partial charge in [0.1, 0.15) is 5.41 Å². The van der Waals surface area contributed by atoms with E-state index < -0.39 is 22.2 Å². The molecule has 6 rings (SSSR count). The number of rotatable bonds is 11. The minimum atomic E-state index is -1.02. The van der Waals surface area contributed by atoms with Crippen molar-refractivity contribution in [1.29, 1.82) is 0 Å². The molecule has 6 heteroatoms. The molecule has 0 aromatic rings. The largest absolute Gasteiger partial charge is 0.481 e. The third-order valence-corrected chi connectivity index (χ3v) is 13.7. The summed E-state index contributed by atoms with van der Waals surface area (Å²) in [5.74, 6) is 2.27. The Bertz CT molecular complexity index is 1010. The van der Waals surface area contributed by atoms with Gasteiger partial charge in [-0.05, 0) is 87.6 Å². The summed E-state index contributed by atoms with van der Waals surface area (Å²) in [4.78, 5) is 16.5. The summed E-state index contributed by atoms with van der Waals surface area (Å²) in [6.45, 7) is 9.59. The van der Waals surface area contributed by atoms with Crippen molar-refractivity contribution in [3.05, 3.63) is 11.6 Å². The normalized spacial score (nSPS) is 45.6. The molecule has 7 unspecified atom stereocenters. The lowest BCUT2D eigenvalue weighted by Crippen LogP contribution is -2.65. The Balaban J connectivity index is 1.41. The Morgan fingerprint density at radius 3 is 2.59 bits per heavy atom. The number of hydrogen-bond donors (Lipinski definition) is 3. The maximum absolute atomic E-state index is 14.1. The Labute approximate surface area is 249 Å². The number of allylic oxidation sites excluding steroid dienone is 1. The van der Waals surface area contributed by atoms with Gasteiger partial charge in [-0.25, -0.2) is 0 Å². The third kappa shape index (κ3) is 4.19. The minimum Gasteiger partial charge on any atom is -0.481 e. The molecule has 0 amide bonds. The fourth-order valence-corrected chi connectivity index (χ4v) is 12.2. The van der Waals surface area contributed by atoms with Crippen LogP contribution in [0.4, 0.5) is 0 Å². The van der Waals surface area contributed by atoms with E-state index in [4.69, 9.17) is 4.74 Å². The number of ether oxygens (including phenoxy) is 1.